The van der Waals surface area contributed by atoms with Crippen LogP contribution < -0.4 is 5.32 Å². The first-order chi connectivity index (χ1) is 6.74. The van der Waals surface area contributed by atoms with E-state index in [1.54, 1.807) is 0 Å². The molecule has 0 spiro atoms. The fourth-order valence-electron chi connectivity index (χ4n) is 2.15. The molecule has 1 heterocycles. The third-order valence-corrected chi connectivity index (χ3v) is 3.01. The van der Waals surface area contributed by atoms with Gasteiger partial charge in [-0.25, -0.2) is 0 Å². The molecule has 76 valence electrons. The Balaban J connectivity index is 2.07. The second-order valence-corrected chi connectivity index (χ2v) is 4.64. The van der Waals surface area contributed by atoms with Gasteiger partial charge in [0.1, 0.15) is 0 Å². The van der Waals surface area contributed by atoms with Gasteiger partial charge in [0.15, 0.2) is 0 Å². The molecular weight excluding hydrogens is 194 g/mol. The van der Waals surface area contributed by atoms with Crippen LogP contribution in [0.15, 0.2) is 18.2 Å². The molecule has 1 atom stereocenters. The minimum atomic E-state index is 0.799. The lowest BCUT2D eigenvalue weighted by molar-refractivity contribution is 0.580. The van der Waals surface area contributed by atoms with Crippen LogP contribution in [0.4, 0.5) is 0 Å². The van der Waals surface area contributed by atoms with Crippen LogP contribution in [0.5, 0.6) is 0 Å². The second kappa shape index (κ2) is 4.33. The van der Waals surface area contributed by atoms with Crippen molar-refractivity contribution in [2.24, 2.45) is 5.92 Å². The first-order valence-corrected chi connectivity index (χ1v) is 5.58. The summed E-state index contributed by atoms with van der Waals surface area (Å²) in [5, 5.41) is 4.26. The molecule has 0 aromatic heterocycles. The zero-order valence-corrected chi connectivity index (χ0v) is 9.27. The molecule has 0 aliphatic carbocycles. The van der Waals surface area contributed by atoms with Crippen LogP contribution >= 0.6 is 11.6 Å². The Labute approximate surface area is 90.5 Å². The van der Waals surface area contributed by atoms with Crippen LogP contribution in [0.2, 0.25) is 5.02 Å². The topological polar surface area (TPSA) is 12.0 Å². The summed E-state index contributed by atoms with van der Waals surface area (Å²) in [5.41, 5.74) is 2.64. The molecule has 1 N–H and O–H groups in total. The van der Waals surface area contributed by atoms with Gasteiger partial charge in [-0.15, -0.1) is 0 Å². The number of benzene rings is 1. The minimum Gasteiger partial charge on any atom is -0.316 e. The lowest BCUT2D eigenvalue weighted by Crippen LogP contribution is -2.10. The molecule has 1 aliphatic heterocycles. The highest BCUT2D eigenvalue weighted by atomic mass is 35.5. The standard InChI is InChI=1S/C12H16ClN/c1-9-4-11(7-12(13)5-9)6-10-2-3-14-8-10/h4-5,7,10,14H,2-3,6,8H2,1H3. The number of rotatable bonds is 2. The monoisotopic (exact) mass is 209 g/mol. The molecular formula is C12H16ClN. The van der Waals surface area contributed by atoms with Crippen molar-refractivity contribution in [3.63, 3.8) is 0 Å². The van der Waals surface area contributed by atoms with Crippen molar-refractivity contribution in [1.29, 1.82) is 0 Å². The van der Waals surface area contributed by atoms with Gasteiger partial charge >= 0.3 is 0 Å². The largest absolute Gasteiger partial charge is 0.316 e. The summed E-state index contributed by atoms with van der Waals surface area (Å²) in [6, 6.07) is 6.34. The molecule has 0 bridgehead atoms. The number of hydrogen-bond acceptors (Lipinski definition) is 1. The van der Waals surface area contributed by atoms with Crippen molar-refractivity contribution in [2.45, 2.75) is 19.8 Å². The van der Waals surface area contributed by atoms with Gasteiger partial charge in [-0.05, 0) is 62.0 Å². The average Bonchev–Trinajstić information content (AvgIpc) is 2.54. The fourth-order valence-corrected chi connectivity index (χ4v) is 2.46. The van der Waals surface area contributed by atoms with Gasteiger partial charge in [0, 0.05) is 5.02 Å². The predicted octanol–water partition coefficient (Wildman–Crippen LogP) is 2.80. The van der Waals surface area contributed by atoms with Gasteiger partial charge in [0.25, 0.3) is 0 Å². The van der Waals surface area contributed by atoms with E-state index in [0.717, 1.165) is 23.9 Å². The van der Waals surface area contributed by atoms with E-state index < -0.39 is 0 Å². The molecule has 0 saturated carbocycles. The molecule has 1 aromatic rings. The summed E-state index contributed by atoms with van der Waals surface area (Å²) in [6.45, 7) is 4.43. The molecule has 0 amide bonds. The Hall–Kier alpha value is -0.530. The van der Waals surface area contributed by atoms with E-state index in [-0.39, 0.29) is 0 Å². The van der Waals surface area contributed by atoms with Crippen molar-refractivity contribution in [3.05, 3.63) is 34.3 Å². The third-order valence-electron chi connectivity index (χ3n) is 2.79. The molecule has 14 heavy (non-hydrogen) atoms. The first kappa shape index (κ1) is 10.0. The van der Waals surface area contributed by atoms with Gasteiger partial charge in [-0.2, -0.15) is 0 Å². The molecule has 1 fully saturated rings. The van der Waals surface area contributed by atoms with E-state index in [0.29, 0.717) is 0 Å². The molecule has 1 aromatic carbocycles. The van der Waals surface area contributed by atoms with Crippen molar-refractivity contribution < 1.29 is 0 Å². The van der Waals surface area contributed by atoms with Gasteiger partial charge in [0.05, 0.1) is 0 Å². The number of nitrogens with one attached hydrogen (secondary N) is 1. The normalized spacial score (nSPS) is 21.4. The Morgan fingerprint density at radius 1 is 1.43 bits per heavy atom. The zero-order chi connectivity index (χ0) is 9.97. The van der Waals surface area contributed by atoms with Crippen molar-refractivity contribution in [2.75, 3.05) is 13.1 Å². The second-order valence-electron chi connectivity index (χ2n) is 4.20. The van der Waals surface area contributed by atoms with Crippen molar-refractivity contribution in [3.8, 4) is 0 Å². The number of halogens is 1. The SMILES string of the molecule is Cc1cc(Cl)cc(CC2CCNC2)c1. The maximum Gasteiger partial charge on any atom is 0.0411 e. The molecule has 0 radical (unpaired) electrons. The molecule has 2 heteroatoms. The number of aryl methyl sites for hydroxylation is 1. The van der Waals surface area contributed by atoms with E-state index in [4.69, 9.17) is 11.6 Å². The summed E-state index contributed by atoms with van der Waals surface area (Å²) in [7, 11) is 0. The summed E-state index contributed by atoms with van der Waals surface area (Å²) < 4.78 is 0. The van der Waals surface area contributed by atoms with E-state index in [9.17, 15) is 0 Å². The molecule has 1 unspecified atom stereocenters. The quantitative estimate of drug-likeness (QED) is 0.790. The minimum absolute atomic E-state index is 0.799. The Kier molecular flexibility index (Phi) is 3.09. The van der Waals surface area contributed by atoms with E-state index in [2.05, 4.69) is 24.4 Å². The van der Waals surface area contributed by atoms with E-state index in [1.165, 1.54) is 24.1 Å². The Morgan fingerprint density at radius 3 is 2.93 bits per heavy atom. The lowest BCUT2D eigenvalue weighted by Gasteiger charge is -2.09. The van der Waals surface area contributed by atoms with Crippen LogP contribution in [-0.2, 0) is 6.42 Å². The third kappa shape index (κ3) is 2.49. The maximum atomic E-state index is 6.02. The lowest BCUT2D eigenvalue weighted by atomic mass is 9.98. The molecule has 1 saturated heterocycles. The Bertz CT molecular complexity index is 296. The zero-order valence-electron chi connectivity index (χ0n) is 8.52. The van der Waals surface area contributed by atoms with Gasteiger partial charge in [-0.1, -0.05) is 17.7 Å². The van der Waals surface area contributed by atoms with Crippen LogP contribution in [0, 0.1) is 12.8 Å². The van der Waals surface area contributed by atoms with Gasteiger partial charge in [0.2, 0.25) is 0 Å². The highest BCUT2D eigenvalue weighted by molar-refractivity contribution is 6.30. The molecule has 1 aliphatic rings. The maximum absolute atomic E-state index is 6.02. The molecule has 1 nitrogen and oxygen atoms in total. The van der Waals surface area contributed by atoms with Crippen LogP contribution in [0.1, 0.15) is 17.5 Å². The van der Waals surface area contributed by atoms with Crippen LogP contribution in [0.3, 0.4) is 0 Å². The van der Waals surface area contributed by atoms with Crippen molar-refractivity contribution in [1.82, 2.24) is 5.32 Å². The summed E-state index contributed by atoms with van der Waals surface area (Å²) >= 11 is 6.02. The number of hydrogen-bond donors (Lipinski definition) is 1. The van der Waals surface area contributed by atoms with Crippen LogP contribution in [0.25, 0.3) is 0 Å². The van der Waals surface area contributed by atoms with Gasteiger partial charge < -0.3 is 5.32 Å². The van der Waals surface area contributed by atoms with Gasteiger partial charge in [-0.3, -0.25) is 0 Å². The predicted molar refractivity (Wildman–Crippen MR) is 60.9 cm³/mol. The van der Waals surface area contributed by atoms with E-state index in [1.807, 2.05) is 6.07 Å². The van der Waals surface area contributed by atoms with E-state index >= 15 is 0 Å². The average molecular weight is 210 g/mol. The summed E-state index contributed by atoms with van der Waals surface area (Å²) in [4.78, 5) is 0. The summed E-state index contributed by atoms with van der Waals surface area (Å²) in [5.74, 6) is 0.799. The summed E-state index contributed by atoms with van der Waals surface area (Å²) in [6.07, 6.45) is 2.46. The molecule has 2 rings (SSSR count). The van der Waals surface area contributed by atoms with Crippen LogP contribution in [-0.4, -0.2) is 13.1 Å². The Morgan fingerprint density at radius 2 is 2.29 bits per heavy atom. The fraction of sp³-hybridized carbons (Fsp3) is 0.500. The van der Waals surface area contributed by atoms with Crippen molar-refractivity contribution >= 4 is 11.6 Å². The highest BCUT2D eigenvalue weighted by Gasteiger charge is 2.14. The first-order valence-electron chi connectivity index (χ1n) is 5.21. The smallest absolute Gasteiger partial charge is 0.0411 e. The highest BCUT2D eigenvalue weighted by Crippen LogP contribution is 2.20.